The summed E-state index contributed by atoms with van der Waals surface area (Å²) in [6.45, 7) is 10.5. The van der Waals surface area contributed by atoms with Gasteiger partial charge in [0, 0.05) is 25.0 Å². The molecule has 1 spiro atoms. The summed E-state index contributed by atoms with van der Waals surface area (Å²) in [6.07, 6.45) is 7.04. The number of aryl methyl sites for hydroxylation is 1. The fourth-order valence-corrected chi connectivity index (χ4v) is 5.34. The van der Waals surface area contributed by atoms with Gasteiger partial charge in [-0.2, -0.15) is 0 Å². The van der Waals surface area contributed by atoms with E-state index >= 15 is 0 Å². The molecule has 2 aliphatic rings. The van der Waals surface area contributed by atoms with Crippen LogP contribution in [-0.2, 0) is 6.42 Å². The molecular formula is C24H36N4OS. The highest BCUT2D eigenvalue weighted by atomic mass is 32.1. The first-order valence-corrected chi connectivity index (χ1v) is 12.4. The maximum absolute atomic E-state index is 12.7. The second-order valence-electron chi connectivity index (χ2n) is 8.12. The van der Waals surface area contributed by atoms with Gasteiger partial charge in [0.2, 0.25) is 0 Å². The van der Waals surface area contributed by atoms with Crippen molar-refractivity contribution >= 4 is 28.6 Å². The molecule has 164 valence electrons. The van der Waals surface area contributed by atoms with Crippen molar-refractivity contribution in [3.05, 3.63) is 40.3 Å². The quantitative estimate of drug-likeness (QED) is 0.674. The van der Waals surface area contributed by atoms with Gasteiger partial charge in [0.25, 0.3) is 5.91 Å². The van der Waals surface area contributed by atoms with Gasteiger partial charge in [-0.25, -0.2) is 4.98 Å². The van der Waals surface area contributed by atoms with Crippen molar-refractivity contribution in [2.45, 2.75) is 59.3 Å². The zero-order valence-electron chi connectivity index (χ0n) is 18.7. The lowest BCUT2D eigenvalue weighted by atomic mass is 9.73. The van der Waals surface area contributed by atoms with Crippen molar-refractivity contribution in [3.63, 3.8) is 0 Å². The summed E-state index contributed by atoms with van der Waals surface area (Å²) in [5.41, 5.74) is 3.01. The Labute approximate surface area is 185 Å². The molecule has 2 saturated heterocycles. The van der Waals surface area contributed by atoms with E-state index in [1.807, 2.05) is 31.4 Å². The van der Waals surface area contributed by atoms with E-state index in [4.69, 9.17) is 0 Å². The number of nitrogens with zero attached hydrogens (tertiary/aromatic N) is 2. The van der Waals surface area contributed by atoms with Gasteiger partial charge >= 0.3 is 0 Å². The first-order valence-electron chi connectivity index (χ1n) is 11.5. The molecule has 0 unspecified atom stereocenters. The Balaban J connectivity index is 0.00000124. The number of carbonyl (C=O) groups excluding carboxylic acids is 1. The van der Waals surface area contributed by atoms with Gasteiger partial charge in [-0.15, -0.1) is 11.3 Å². The second-order valence-corrected chi connectivity index (χ2v) is 9.06. The third-order valence-electron chi connectivity index (χ3n) is 6.13. The van der Waals surface area contributed by atoms with Gasteiger partial charge in [0.1, 0.15) is 5.69 Å². The van der Waals surface area contributed by atoms with Crippen molar-refractivity contribution in [3.8, 4) is 0 Å². The highest BCUT2D eigenvalue weighted by molar-refractivity contribution is 7.09. The normalized spacial score (nSPS) is 17.9. The molecular weight excluding hydrogens is 392 g/mol. The Bertz CT molecular complexity index is 803. The number of anilines is 2. The number of hydrogen-bond acceptors (Lipinski definition) is 5. The van der Waals surface area contributed by atoms with Crippen LogP contribution in [0.2, 0.25) is 0 Å². The van der Waals surface area contributed by atoms with Crippen LogP contribution < -0.4 is 15.5 Å². The summed E-state index contributed by atoms with van der Waals surface area (Å²) in [5, 5.41) is 9.58. The predicted molar refractivity (Wildman–Crippen MR) is 128 cm³/mol. The topological polar surface area (TPSA) is 57.3 Å². The van der Waals surface area contributed by atoms with Crippen molar-refractivity contribution in [1.29, 1.82) is 0 Å². The first kappa shape index (κ1) is 22.8. The van der Waals surface area contributed by atoms with Crippen LogP contribution in [0.1, 0.15) is 68.4 Å². The molecule has 2 aliphatic heterocycles. The van der Waals surface area contributed by atoms with Crippen molar-refractivity contribution in [2.24, 2.45) is 5.41 Å². The van der Waals surface area contributed by atoms with Crippen molar-refractivity contribution < 1.29 is 4.79 Å². The van der Waals surface area contributed by atoms with Crippen LogP contribution in [0.15, 0.2) is 29.6 Å². The minimum atomic E-state index is -0.115. The molecule has 30 heavy (non-hydrogen) atoms. The number of carbonyl (C=O) groups is 1. The molecule has 1 aromatic heterocycles. The number of para-hydroxylation sites is 2. The molecule has 1 aromatic carbocycles. The molecule has 5 nitrogen and oxygen atoms in total. The van der Waals surface area contributed by atoms with Crippen LogP contribution in [0.5, 0.6) is 0 Å². The molecule has 1 amide bonds. The van der Waals surface area contributed by atoms with Gasteiger partial charge in [-0.05, 0) is 62.6 Å². The molecule has 0 saturated carbocycles. The summed E-state index contributed by atoms with van der Waals surface area (Å²) < 4.78 is 0. The Morgan fingerprint density at radius 2 is 2.00 bits per heavy atom. The fraction of sp³-hybridized carbons (Fsp3) is 0.583. The molecule has 6 heteroatoms. The Morgan fingerprint density at radius 1 is 1.23 bits per heavy atom. The maximum Gasteiger partial charge on any atom is 0.275 e. The Kier molecular flexibility index (Phi) is 8.28. The Hall–Kier alpha value is -1.92. The van der Waals surface area contributed by atoms with E-state index in [-0.39, 0.29) is 5.91 Å². The van der Waals surface area contributed by atoms with Gasteiger partial charge in [-0.3, -0.25) is 4.79 Å². The standard InChI is InChI=1S/C22H30N4OS.C2H6/c1-2-6-20-24-18(15-28-20)21(27)25-17-7-3-4-8-19(17)26-13-10-22(11-14-26)9-5-12-23-16-22;1-2/h3-4,7-8,15,23H,2,5-6,9-14,16H2,1H3,(H,25,27);1-2H3. The summed E-state index contributed by atoms with van der Waals surface area (Å²) in [7, 11) is 0. The molecule has 4 rings (SSSR count). The molecule has 2 N–H and O–H groups in total. The summed E-state index contributed by atoms with van der Waals surface area (Å²) >= 11 is 1.57. The molecule has 0 atom stereocenters. The second kappa shape index (κ2) is 10.9. The van der Waals surface area contributed by atoms with Crippen LogP contribution in [0.25, 0.3) is 0 Å². The van der Waals surface area contributed by atoms with E-state index in [1.165, 1.54) is 25.7 Å². The van der Waals surface area contributed by atoms with E-state index in [1.54, 1.807) is 11.3 Å². The maximum atomic E-state index is 12.7. The highest BCUT2D eigenvalue weighted by Crippen LogP contribution is 2.39. The lowest BCUT2D eigenvalue weighted by molar-refractivity contribution is 0.102. The zero-order chi connectivity index (χ0) is 21.4. The first-order chi connectivity index (χ1) is 14.7. The molecule has 2 fully saturated rings. The van der Waals surface area contributed by atoms with Crippen LogP contribution >= 0.6 is 11.3 Å². The highest BCUT2D eigenvalue weighted by Gasteiger charge is 2.36. The SMILES string of the molecule is CC.CCCc1nc(C(=O)Nc2ccccc2N2CCC3(CCCNC3)CC2)cs1. The average molecular weight is 429 g/mol. The molecule has 3 heterocycles. The van der Waals surface area contributed by atoms with Crippen LogP contribution in [0, 0.1) is 5.41 Å². The number of benzene rings is 1. The van der Waals surface area contributed by atoms with Crippen molar-refractivity contribution in [2.75, 3.05) is 36.4 Å². The number of hydrogen-bond donors (Lipinski definition) is 2. The number of aromatic nitrogens is 1. The van der Waals surface area contributed by atoms with Crippen LogP contribution in [0.4, 0.5) is 11.4 Å². The Morgan fingerprint density at radius 3 is 2.70 bits per heavy atom. The van der Waals surface area contributed by atoms with Crippen molar-refractivity contribution in [1.82, 2.24) is 10.3 Å². The fourth-order valence-electron chi connectivity index (χ4n) is 4.46. The van der Waals surface area contributed by atoms with E-state index in [0.717, 1.165) is 55.4 Å². The third kappa shape index (κ3) is 5.41. The minimum Gasteiger partial charge on any atom is -0.370 e. The monoisotopic (exact) mass is 428 g/mol. The number of rotatable bonds is 5. The average Bonchev–Trinajstić information content (AvgIpc) is 3.26. The lowest BCUT2D eigenvalue weighted by Crippen LogP contribution is -2.48. The minimum absolute atomic E-state index is 0.115. The number of thiazole rings is 1. The number of amides is 1. The molecule has 2 aromatic rings. The van der Waals surface area contributed by atoms with E-state index in [9.17, 15) is 4.79 Å². The van der Waals surface area contributed by atoms with Gasteiger partial charge in [0.05, 0.1) is 16.4 Å². The predicted octanol–water partition coefficient (Wildman–Crippen LogP) is 5.34. The van der Waals surface area contributed by atoms with Gasteiger partial charge in [-0.1, -0.05) is 32.9 Å². The molecule has 0 bridgehead atoms. The van der Waals surface area contributed by atoms with E-state index in [2.05, 4.69) is 39.6 Å². The number of nitrogens with one attached hydrogen (secondary N) is 2. The summed E-state index contributed by atoms with van der Waals surface area (Å²) in [5.74, 6) is -0.115. The summed E-state index contributed by atoms with van der Waals surface area (Å²) in [4.78, 5) is 19.6. The number of piperidine rings is 2. The zero-order valence-corrected chi connectivity index (χ0v) is 19.5. The van der Waals surface area contributed by atoms with E-state index < -0.39 is 0 Å². The third-order valence-corrected chi connectivity index (χ3v) is 7.03. The summed E-state index contributed by atoms with van der Waals surface area (Å²) in [6, 6.07) is 8.16. The molecule has 0 radical (unpaired) electrons. The van der Waals surface area contributed by atoms with Crippen LogP contribution in [-0.4, -0.2) is 37.1 Å². The van der Waals surface area contributed by atoms with E-state index in [0.29, 0.717) is 11.1 Å². The van der Waals surface area contributed by atoms with Crippen LogP contribution in [0.3, 0.4) is 0 Å². The lowest BCUT2D eigenvalue weighted by Gasteiger charge is -2.45. The van der Waals surface area contributed by atoms with Gasteiger partial charge in [0.15, 0.2) is 0 Å². The largest absolute Gasteiger partial charge is 0.370 e. The van der Waals surface area contributed by atoms with Gasteiger partial charge < -0.3 is 15.5 Å². The molecule has 0 aliphatic carbocycles. The smallest absolute Gasteiger partial charge is 0.275 e.